The molecule has 0 aliphatic carbocycles. The van der Waals surface area contributed by atoms with E-state index in [4.69, 9.17) is 9.53 Å². The molecule has 4 nitrogen and oxygen atoms in total. The van der Waals surface area contributed by atoms with E-state index in [1.165, 1.54) is 6.20 Å². The Hall–Kier alpha value is -0.883. The predicted octanol–water partition coefficient (Wildman–Crippen LogP) is 4.06. The van der Waals surface area contributed by atoms with Crippen molar-refractivity contribution in [2.75, 3.05) is 0 Å². The van der Waals surface area contributed by atoms with Crippen LogP contribution in [0.4, 0.5) is 0 Å². The lowest BCUT2D eigenvalue weighted by atomic mass is 10.2. The lowest BCUT2D eigenvalue weighted by molar-refractivity contribution is 0.0689. The third kappa shape index (κ3) is 3.79. The molecule has 0 aliphatic heterocycles. The minimum atomic E-state index is -1.93. The zero-order chi connectivity index (χ0) is 14.8. The molecule has 0 amide bonds. The summed E-state index contributed by atoms with van der Waals surface area (Å²) in [6.45, 7) is 10.8. The molecular formula is C13H20BrNO3Si. The van der Waals surface area contributed by atoms with Crippen molar-refractivity contribution >= 4 is 30.2 Å². The van der Waals surface area contributed by atoms with Crippen LogP contribution in [0.5, 0.6) is 5.75 Å². The molecule has 1 N–H and O–H groups in total. The third-order valence-corrected chi connectivity index (χ3v) is 8.43. The number of halogens is 1. The first-order chi connectivity index (χ1) is 8.58. The van der Waals surface area contributed by atoms with Gasteiger partial charge in [-0.3, -0.25) is 0 Å². The van der Waals surface area contributed by atoms with Gasteiger partial charge < -0.3 is 9.53 Å². The molecule has 6 heteroatoms. The predicted molar refractivity (Wildman–Crippen MR) is 81.7 cm³/mol. The number of carboxylic acids is 1. The second kappa shape index (κ2) is 5.62. The molecule has 0 fully saturated rings. The number of carboxylic acid groups (broad SMARTS) is 1. The zero-order valence-corrected chi connectivity index (χ0v) is 14.5. The molecule has 1 rings (SSSR count). The maximum atomic E-state index is 11.0. The molecule has 0 bridgehead atoms. The average Bonchev–Trinajstić information content (AvgIpc) is 2.26. The second-order valence-corrected chi connectivity index (χ2v) is 11.3. The van der Waals surface area contributed by atoms with Gasteiger partial charge in [0.1, 0.15) is 5.75 Å². The van der Waals surface area contributed by atoms with Crippen molar-refractivity contribution in [1.82, 2.24) is 4.98 Å². The smallest absolute Gasteiger partial charge is 0.354 e. The van der Waals surface area contributed by atoms with E-state index in [1.807, 2.05) is 0 Å². The summed E-state index contributed by atoms with van der Waals surface area (Å²) in [6.07, 6.45) is 1.50. The lowest BCUT2D eigenvalue weighted by Crippen LogP contribution is -2.43. The molecule has 0 radical (unpaired) electrons. The monoisotopic (exact) mass is 345 g/mol. The van der Waals surface area contributed by atoms with Crippen LogP contribution in [0.3, 0.4) is 0 Å². The van der Waals surface area contributed by atoms with Crippen molar-refractivity contribution in [3.63, 3.8) is 0 Å². The summed E-state index contributed by atoms with van der Waals surface area (Å²) in [4.78, 5) is 15.0. The highest BCUT2D eigenvalue weighted by atomic mass is 79.9. The van der Waals surface area contributed by atoms with Crippen LogP contribution >= 0.6 is 15.9 Å². The summed E-state index contributed by atoms with van der Waals surface area (Å²) in [5.41, 5.74) is 0.697. The van der Waals surface area contributed by atoms with Gasteiger partial charge in [-0.1, -0.05) is 36.7 Å². The zero-order valence-electron chi connectivity index (χ0n) is 12.0. The number of nitrogens with zero attached hydrogens (tertiary/aromatic N) is 1. The van der Waals surface area contributed by atoms with Gasteiger partial charge >= 0.3 is 5.97 Å². The summed E-state index contributed by atoms with van der Waals surface area (Å²) in [6, 6.07) is 1.76. The fourth-order valence-electron chi connectivity index (χ4n) is 1.29. The van der Waals surface area contributed by atoms with Crippen molar-refractivity contribution in [3.8, 4) is 5.75 Å². The molecule has 0 spiro atoms. The van der Waals surface area contributed by atoms with Gasteiger partial charge in [0.2, 0.25) is 0 Å². The van der Waals surface area contributed by atoms with Crippen LogP contribution in [-0.2, 0) is 5.33 Å². The Morgan fingerprint density at radius 1 is 1.47 bits per heavy atom. The van der Waals surface area contributed by atoms with Crippen LogP contribution in [0.15, 0.2) is 12.3 Å². The topological polar surface area (TPSA) is 59.4 Å². The van der Waals surface area contributed by atoms with Gasteiger partial charge in [-0.25, -0.2) is 9.78 Å². The number of aromatic nitrogens is 1. The van der Waals surface area contributed by atoms with Crippen LogP contribution in [0.25, 0.3) is 0 Å². The molecule has 1 aromatic heterocycles. The lowest BCUT2D eigenvalue weighted by Gasteiger charge is -2.36. The minimum absolute atomic E-state index is 0.0689. The van der Waals surface area contributed by atoms with Gasteiger partial charge in [0.15, 0.2) is 5.69 Å². The fourth-order valence-corrected chi connectivity index (χ4v) is 2.72. The quantitative estimate of drug-likeness (QED) is 0.660. The third-order valence-electron chi connectivity index (χ3n) is 3.47. The molecule has 0 saturated carbocycles. The van der Waals surface area contributed by atoms with Gasteiger partial charge in [-0.2, -0.15) is 0 Å². The van der Waals surface area contributed by atoms with Crippen molar-refractivity contribution in [2.45, 2.75) is 44.2 Å². The summed E-state index contributed by atoms with van der Waals surface area (Å²) in [5, 5.41) is 9.57. The molecule has 1 heterocycles. The van der Waals surface area contributed by atoms with E-state index >= 15 is 0 Å². The largest absolute Gasteiger partial charge is 0.542 e. The SMILES string of the molecule is CC(C)(C)[Si](C)(C)Oc1cnc(C(=O)O)c(CBr)c1. The van der Waals surface area contributed by atoms with Gasteiger partial charge in [0, 0.05) is 5.33 Å². The number of alkyl halides is 1. The fraction of sp³-hybridized carbons (Fsp3) is 0.538. The first-order valence-electron chi connectivity index (χ1n) is 6.05. The molecule has 0 atom stereocenters. The number of hydrogen-bond donors (Lipinski definition) is 1. The van der Waals surface area contributed by atoms with Gasteiger partial charge in [-0.15, -0.1) is 0 Å². The Labute approximate surface area is 123 Å². The van der Waals surface area contributed by atoms with Crippen LogP contribution in [0, 0.1) is 0 Å². The van der Waals surface area contributed by atoms with Gasteiger partial charge in [0.25, 0.3) is 8.32 Å². The maximum Gasteiger partial charge on any atom is 0.354 e. The van der Waals surface area contributed by atoms with E-state index in [0.29, 0.717) is 16.6 Å². The first-order valence-corrected chi connectivity index (χ1v) is 10.1. The highest BCUT2D eigenvalue weighted by Gasteiger charge is 2.39. The Balaban J connectivity index is 3.08. The van der Waals surface area contributed by atoms with Crippen molar-refractivity contribution < 1.29 is 14.3 Å². The average molecular weight is 346 g/mol. The molecule has 19 heavy (non-hydrogen) atoms. The minimum Gasteiger partial charge on any atom is -0.542 e. The summed E-state index contributed by atoms with van der Waals surface area (Å²) in [5.74, 6) is -0.376. The Morgan fingerprint density at radius 2 is 2.05 bits per heavy atom. The van der Waals surface area contributed by atoms with Gasteiger partial charge in [0.05, 0.1) is 6.20 Å². The molecule has 0 aromatic carbocycles. The van der Waals surface area contributed by atoms with Crippen molar-refractivity contribution in [1.29, 1.82) is 0 Å². The van der Waals surface area contributed by atoms with E-state index < -0.39 is 14.3 Å². The van der Waals surface area contributed by atoms with E-state index in [0.717, 1.165) is 0 Å². The van der Waals surface area contributed by atoms with E-state index in [1.54, 1.807) is 6.07 Å². The van der Waals surface area contributed by atoms with Crippen LogP contribution < -0.4 is 4.43 Å². The number of hydrogen-bond acceptors (Lipinski definition) is 3. The van der Waals surface area contributed by atoms with E-state index in [2.05, 4.69) is 54.8 Å². The molecule has 106 valence electrons. The number of pyridine rings is 1. The molecule has 0 unspecified atom stereocenters. The summed E-state index contributed by atoms with van der Waals surface area (Å²) >= 11 is 3.28. The van der Waals surface area contributed by atoms with Crippen LogP contribution in [-0.4, -0.2) is 24.4 Å². The molecule has 0 saturated heterocycles. The number of rotatable bonds is 4. The van der Waals surface area contributed by atoms with Crippen molar-refractivity contribution in [3.05, 3.63) is 23.5 Å². The normalized spacial score (nSPS) is 12.3. The Morgan fingerprint density at radius 3 is 2.47 bits per heavy atom. The van der Waals surface area contributed by atoms with Crippen molar-refractivity contribution in [2.24, 2.45) is 0 Å². The standard InChI is InChI=1S/C13H20BrNO3Si/c1-13(2,3)19(4,5)18-10-6-9(7-14)11(12(16)17)15-8-10/h6,8H,7H2,1-5H3,(H,16,17). The Bertz CT molecular complexity index is 483. The van der Waals surface area contributed by atoms with E-state index in [-0.39, 0.29) is 10.7 Å². The second-order valence-electron chi connectivity index (χ2n) is 5.98. The number of carbonyl (C=O) groups is 1. The van der Waals surface area contributed by atoms with Gasteiger partial charge in [-0.05, 0) is 29.8 Å². The first kappa shape index (κ1) is 16.2. The summed E-state index contributed by atoms with van der Waals surface area (Å²) < 4.78 is 6.11. The van der Waals surface area contributed by atoms with Crippen LogP contribution in [0.2, 0.25) is 18.1 Å². The molecular weight excluding hydrogens is 326 g/mol. The highest BCUT2D eigenvalue weighted by molar-refractivity contribution is 9.08. The van der Waals surface area contributed by atoms with Crippen LogP contribution in [0.1, 0.15) is 36.8 Å². The summed E-state index contributed by atoms with van der Waals surface area (Å²) in [7, 11) is -1.93. The molecule has 0 aliphatic rings. The van der Waals surface area contributed by atoms with E-state index in [9.17, 15) is 4.79 Å². The highest BCUT2D eigenvalue weighted by Crippen LogP contribution is 2.37. The Kier molecular flexibility index (Phi) is 4.79. The number of aromatic carboxylic acids is 1. The molecule has 1 aromatic rings. The maximum absolute atomic E-state index is 11.0.